The first kappa shape index (κ1) is 16.2. The predicted molar refractivity (Wildman–Crippen MR) is 91.8 cm³/mol. The van der Waals surface area contributed by atoms with Gasteiger partial charge >= 0.3 is 5.97 Å². The molecule has 0 radical (unpaired) electrons. The van der Waals surface area contributed by atoms with Crippen LogP contribution in [0.3, 0.4) is 0 Å². The third-order valence-corrected chi connectivity index (χ3v) is 4.55. The number of esters is 1. The summed E-state index contributed by atoms with van der Waals surface area (Å²) >= 11 is 0. The molecule has 0 saturated heterocycles. The molecule has 1 aliphatic rings. The Morgan fingerprint density at radius 2 is 1.67 bits per heavy atom. The molecule has 124 valence electrons. The van der Waals surface area contributed by atoms with Crippen molar-refractivity contribution in [1.82, 2.24) is 5.32 Å². The van der Waals surface area contributed by atoms with E-state index in [2.05, 4.69) is 26.1 Å². The summed E-state index contributed by atoms with van der Waals surface area (Å²) in [4.78, 5) is 25.1. The van der Waals surface area contributed by atoms with E-state index in [1.54, 1.807) is 18.2 Å². The van der Waals surface area contributed by atoms with Crippen molar-refractivity contribution in [3.8, 4) is 0 Å². The number of nitrogens with one attached hydrogen (secondary N) is 1. The van der Waals surface area contributed by atoms with Crippen molar-refractivity contribution < 1.29 is 14.3 Å². The van der Waals surface area contributed by atoms with Gasteiger partial charge in [-0.1, -0.05) is 63.2 Å². The molecular formula is C20H21NO3. The number of rotatable bonds is 2. The minimum Gasteiger partial charge on any atom is -0.467 e. The Morgan fingerprint density at radius 3 is 2.25 bits per heavy atom. The first-order valence-corrected chi connectivity index (χ1v) is 7.92. The van der Waals surface area contributed by atoms with Gasteiger partial charge in [-0.25, -0.2) is 4.79 Å². The summed E-state index contributed by atoms with van der Waals surface area (Å²) in [5, 5.41) is 2.84. The zero-order valence-corrected chi connectivity index (χ0v) is 14.3. The molecule has 0 spiro atoms. The second kappa shape index (κ2) is 5.48. The molecule has 0 fully saturated rings. The monoisotopic (exact) mass is 323 g/mol. The van der Waals surface area contributed by atoms with Crippen molar-refractivity contribution >= 4 is 11.9 Å². The average Bonchev–Trinajstić information content (AvgIpc) is 2.88. The number of amides is 1. The summed E-state index contributed by atoms with van der Waals surface area (Å²) in [6.45, 7) is 6.39. The molecule has 0 bridgehead atoms. The molecule has 1 N–H and O–H groups in total. The standard InChI is InChI=1S/C20H21NO3/c1-19(2,3)13-9-11-14(12-10-13)20(18(23)24-4)16-8-6-5-7-15(16)17(22)21-20/h5-12H,1-4H3,(H,21,22). The average molecular weight is 323 g/mol. The summed E-state index contributed by atoms with van der Waals surface area (Å²) in [5.74, 6) is -0.764. The van der Waals surface area contributed by atoms with Gasteiger partial charge in [-0.05, 0) is 22.6 Å². The Labute approximate surface area is 141 Å². The van der Waals surface area contributed by atoms with Gasteiger partial charge in [0.15, 0.2) is 5.54 Å². The maximum atomic E-state index is 12.7. The highest BCUT2D eigenvalue weighted by atomic mass is 16.5. The maximum absolute atomic E-state index is 12.7. The number of hydrogen-bond acceptors (Lipinski definition) is 3. The van der Waals surface area contributed by atoms with Crippen molar-refractivity contribution in [2.24, 2.45) is 0 Å². The van der Waals surface area contributed by atoms with Crippen molar-refractivity contribution in [3.63, 3.8) is 0 Å². The Hall–Kier alpha value is -2.62. The molecule has 24 heavy (non-hydrogen) atoms. The van der Waals surface area contributed by atoms with Crippen LogP contribution in [-0.4, -0.2) is 19.0 Å². The van der Waals surface area contributed by atoms with Crippen LogP contribution in [0.25, 0.3) is 0 Å². The van der Waals surface area contributed by atoms with Crippen molar-refractivity contribution in [2.75, 3.05) is 7.11 Å². The topological polar surface area (TPSA) is 55.4 Å². The number of methoxy groups -OCH3 is 1. The first-order valence-electron chi connectivity index (χ1n) is 7.92. The van der Waals surface area contributed by atoms with Gasteiger partial charge in [0.25, 0.3) is 5.91 Å². The van der Waals surface area contributed by atoms with Gasteiger partial charge in [0.05, 0.1) is 7.11 Å². The Morgan fingerprint density at radius 1 is 1.04 bits per heavy atom. The SMILES string of the molecule is COC(=O)C1(c2ccc(C(C)(C)C)cc2)NC(=O)c2ccccc21. The fraction of sp³-hybridized carbons (Fsp3) is 0.300. The molecule has 1 unspecified atom stereocenters. The molecule has 2 aromatic carbocycles. The van der Waals surface area contributed by atoms with Crippen LogP contribution < -0.4 is 5.32 Å². The zero-order chi connectivity index (χ0) is 17.5. The van der Waals surface area contributed by atoms with Gasteiger partial charge in [0.1, 0.15) is 0 Å². The van der Waals surface area contributed by atoms with E-state index in [9.17, 15) is 9.59 Å². The number of carbonyl (C=O) groups excluding carboxylic acids is 2. The van der Waals surface area contributed by atoms with Crippen LogP contribution in [0.5, 0.6) is 0 Å². The lowest BCUT2D eigenvalue weighted by Crippen LogP contribution is -2.48. The second-order valence-electron chi connectivity index (χ2n) is 7.07. The minimum atomic E-state index is -1.29. The number of benzene rings is 2. The summed E-state index contributed by atoms with van der Waals surface area (Å²) in [6.07, 6.45) is 0. The van der Waals surface area contributed by atoms with Crippen molar-refractivity contribution in [2.45, 2.75) is 31.7 Å². The number of carbonyl (C=O) groups is 2. The zero-order valence-electron chi connectivity index (χ0n) is 14.3. The van der Waals surface area contributed by atoms with Gasteiger partial charge in [0, 0.05) is 11.1 Å². The van der Waals surface area contributed by atoms with Crippen LogP contribution >= 0.6 is 0 Å². The Kier molecular flexibility index (Phi) is 3.71. The molecule has 0 aromatic heterocycles. The summed E-state index contributed by atoms with van der Waals surface area (Å²) in [6, 6.07) is 14.9. The van der Waals surface area contributed by atoms with Crippen LogP contribution in [-0.2, 0) is 20.5 Å². The quantitative estimate of drug-likeness (QED) is 0.864. The normalized spacial score (nSPS) is 19.6. The molecule has 1 atom stereocenters. The van der Waals surface area contributed by atoms with Crippen LogP contribution in [0, 0.1) is 0 Å². The third-order valence-electron chi connectivity index (χ3n) is 4.55. The molecule has 4 nitrogen and oxygen atoms in total. The van der Waals surface area contributed by atoms with Gasteiger partial charge in [-0.2, -0.15) is 0 Å². The highest BCUT2D eigenvalue weighted by molar-refractivity contribution is 6.07. The van der Waals surface area contributed by atoms with Crippen LogP contribution in [0.2, 0.25) is 0 Å². The second-order valence-corrected chi connectivity index (χ2v) is 7.07. The molecule has 4 heteroatoms. The first-order chi connectivity index (χ1) is 11.3. The van der Waals surface area contributed by atoms with E-state index in [0.29, 0.717) is 16.7 Å². The Balaban J connectivity index is 2.20. The van der Waals surface area contributed by atoms with E-state index >= 15 is 0 Å². The number of hydrogen-bond donors (Lipinski definition) is 1. The van der Waals surface area contributed by atoms with E-state index < -0.39 is 11.5 Å². The molecule has 1 amide bonds. The minimum absolute atomic E-state index is 0.00773. The predicted octanol–water partition coefficient (Wildman–Crippen LogP) is 3.14. The van der Waals surface area contributed by atoms with Gasteiger partial charge in [0.2, 0.25) is 0 Å². The number of ether oxygens (including phenoxy) is 1. The Bertz CT molecular complexity index is 802. The lowest BCUT2D eigenvalue weighted by atomic mass is 9.81. The highest BCUT2D eigenvalue weighted by Crippen LogP contribution is 2.38. The van der Waals surface area contributed by atoms with Crippen LogP contribution in [0.15, 0.2) is 48.5 Å². The van der Waals surface area contributed by atoms with E-state index in [0.717, 1.165) is 5.56 Å². The molecule has 2 aromatic rings. The lowest BCUT2D eigenvalue weighted by Gasteiger charge is -2.29. The van der Waals surface area contributed by atoms with Crippen molar-refractivity contribution in [1.29, 1.82) is 0 Å². The van der Waals surface area contributed by atoms with Crippen LogP contribution in [0.1, 0.15) is 47.8 Å². The molecule has 0 saturated carbocycles. The molecule has 3 rings (SSSR count). The fourth-order valence-corrected chi connectivity index (χ4v) is 3.19. The number of fused-ring (bicyclic) bond motifs is 1. The molecular weight excluding hydrogens is 302 g/mol. The fourth-order valence-electron chi connectivity index (χ4n) is 3.19. The maximum Gasteiger partial charge on any atom is 0.341 e. The molecule has 0 aliphatic carbocycles. The summed E-state index contributed by atoms with van der Waals surface area (Å²) in [7, 11) is 1.33. The van der Waals surface area contributed by atoms with Crippen LogP contribution in [0.4, 0.5) is 0 Å². The largest absolute Gasteiger partial charge is 0.467 e. The molecule has 1 heterocycles. The smallest absolute Gasteiger partial charge is 0.341 e. The third kappa shape index (κ3) is 2.30. The van der Waals surface area contributed by atoms with E-state index in [1.165, 1.54) is 7.11 Å². The van der Waals surface area contributed by atoms with E-state index in [4.69, 9.17) is 4.74 Å². The molecule has 1 aliphatic heterocycles. The highest BCUT2D eigenvalue weighted by Gasteiger charge is 2.51. The van der Waals surface area contributed by atoms with E-state index in [-0.39, 0.29) is 11.3 Å². The van der Waals surface area contributed by atoms with E-state index in [1.807, 2.05) is 30.3 Å². The van der Waals surface area contributed by atoms with Gasteiger partial charge < -0.3 is 10.1 Å². The van der Waals surface area contributed by atoms with Gasteiger partial charge in [-0.3, -0.25) is 4.79 Å². The van der Waals surface area contributed by atoms with Gasteiger partial charge in [-0.15, -0.1) is 0 Å². The van der Waals surface area contributed by atoms with Crippen molar-refractivity contribution in [3.05, 3.63) is 70.8 Å². The summed E-state index contributed by atoms with van der Waals surface area (Å²) in [5.41, 5.74) is 1.70. The summed E-state index contributed by atoms with van der Waals surface area (Å²) < 4.78 is 5.04. The lowest BCUT2D eigenvalue weighted by molar-refractivity contribution is -0.146.